The second-order valence-electron chi connectivity index (χ2n) is 5.60. The molecule has 7 nitrogen and oxygen atoms in total. The first-order valence-electron chi connectivity index (χ1n) is 8.31. The van der Waals surface area contributed by atoms with Gasteiger partial charge < -0.3 is 14.2 Å². The fourth-order valence-corrected chi connectivity index (χ4v) is 3.17. The summed E-state index contributed by atoms with van der Waals surface area (Å²) in [6.07, 6.45) is 3.35. The van der Waals surface area contributed by atoms with Crippen LogP contribution < -0.4 is 19.5 Å². The summed E-state index contributed by atoms with van der Waals surface area (Å²) in [7, 11) is 4.77. The predicted octanol–water partition coefficient (Wildman–Crippen LogP) is 3.31. The average molecular weight is 397 g/mol. The van der Waals surface area contributed by atoms with Crippen molar-refractivity contribution in [2.75, 3.05) is 21.3 Å². The Morgan fingerprint density at radius 2 is 1.68 bits per heavy atom. The van der Waals surface area contributed by atoms with Crippen LogP contribution in [0.5, 0.6) is 17.2 Å². The Kier molecular flexibility index (Phi) is 6.33. The van der Waals surface area contributed by atoms with Gasteiger partial charge in [0.2, 0.25) is 0 Å². The molecule has 1 N–H and O–H groups in total. The van der Waals surface area contributed by atoms with Crippen LogP contribution in [0.1, 0.15) is 11.1 Å². The molecule has 1 heterocycles. The number of carbonyl (C=O) groups excluding carboxylic acids is 1. The van der Waals surface area contributed by atoms with Crippen molar-refractivity contribution in [3.05, 3.63) is 58.5 Å². The molecule has 0 saturated carbocycles. The van der Waals surface area contributed by atoms with Crippen molar-refractivity contribution in [3.63, 3.8) is 0 Å². The van der Waals surface area contributed by atoms with Crippen LogP contribution in [0.15, 0.2) is 57.6 Å². The van der Waals surface area contributed by atoms with Gasteiger partial charge in [-0.1, -0.05) is 12.1 Å². The Balaban J connectivity index is 1.71. The summed E-state index contributed by atoms with van der Waals surface area (Å²) in [6.45, 7) is 0. The molecule has 1 saturated heterocycles. The Hall–Kier alpha value is -3.26. The van der Waals surface area contributed by atoms with E-state index < -0.39 is 0 Å². The molecule has 2 aromatic rings. The van der Waals surface area contributed by atoms with Crippen molar-refractivity contribution in [2.24, 2.45) is 10.2 Å². The minimum Gasteiger partial charge on any atom is -0.497 e. The van der Waals surface area contributed by atoms with Crippen LogP contribution in [0, 0.1) is 0 Å². The molecule has 2 aromatic carbocycles. The molecule has 0 atom stereocenters. The number of methoxy groups -OCH3 is 3. The van der Waals surface area contributed by atoms with E-state index in [9.17, 15) is 4.79 Å². The molecule has 0 aliphatic carbocycles. The lowest BCUT2D eigenvalue weighted by Gasteiger charge is -2.06. The van der Waals surface area contributed by atoms with Crippen molar-refractivity contribution >= 4 is 35.1 Å². The minimum absolute atomic E-state index is 0.211. The van der Waals surface area contributed by atoms with Crippen molar-refractivity contribution in [1.82, 2.24) is 5.32 Å². The molecule has 1 amide bonds. The number of nitrogens with zero attached hydrogens (tertiary/aromatic N) is 2. The van der Waals surface area contributed by atoms with Crippen molar-refractivity contribution in [2.45, 2.75) is 0 Å². The Morgan fingerprint density at radius 3 is 2.36 bits per heavy atom. The number of amides is 1. The van der Waals surface area contributed by atoms with Gasteiger partial charge in [-0.15, -0.1) is 5.10 Å². The summed E-state index contributed by atoms with van der Waals surface area (Å²) >= 11 is 1.23. The third-order valence-electron chi connectivity index (χ3n) is 3.85. The molecule has 1 aliphatic heterocycles. The molecule has 0 bridgehead atoms. The fourth-order valence-electron chi connectivity index (χ4n) is 2.40. The first kappa shape index (κ1) is 19.5. The molecule has 0 unspecified atom stereocenters. The van der Waals surface area contributed by atoms with Gasteiger partial charge in [-0.3, -0.25) is 10.1 Å². The van der Waals surface area contributed by atoms with Crippen LogP contribution >= 0.6 is 11.8 Å². The van der Waals surface area contributed by atoms with E-state index in [4.69, 9.17) is 14.2 Å². The number of carbonyl (C=O) groups is 1. The second kappa shape index (κ2) is 9.09. The van der Waals surface area contributed by atoms with Gasteiger partial charge in [-0.05, 0) is 47.7 Å². The number of hydrogen-bond donors (Lipinski definition) is 1. The zero-order valence-electron chi connectivity index (χ0n) is 15.6. The summed E-state index contributed by atoms with van der Waals surface area (Å²) in [5.74, 6) is 1.85. The molecule has 8 heteroatoms. The normalized spacial score (nSPS) is 16.6. The molecule has 3 rings (SSSR count). The van der Waals surface area contributed by atoms with Gasteiger partial charge in [0.25, 0.3) is 5.91 Å². The van der Waals surface area contributed by atoms with Gasteiger partial charge >= 0.3 is 0 Å². The second-order valence-corrected chi connectivity index (χ2v) is 6.63. The van der Waals surface area contributed by atoms with Gasteiger partial charge in [-0.25, -0.2) is 0 Å². The van der Waals surface area contributed by atoms with Crippen LogP contribution in [0.2, 0.25) is 0 Å². The zero-order chi connectivity index (χ0) is 19.9. The predicted molar refractivity (Wildman–Crippen MR) is 111 cm³/mol. The molecule has 1 fully saturated rings. The van der Waals surface area contributed by atoms with Crippen LogP contribution in [-0.4, -0.2) is 38.6 Å². The largest absolute Gasteiger partial charge is 0.497 e. The highest BCUT2D eigenvalue weighted by atomic mass is 32.2. The van der Waals surface area contributed by atoms with Crippen molar-refractivity contribution in [3.8, 4) is 17.2 Å². The number of rotatable bonds is 6. The van der Waals surface area contributed by atoms with Crippen LogP contribution in [0.4, 0.5) is 0 Å². The van der Waals surface area contributed by atoms with E-state index in [1.165, 1.54) is 11.8 Å². The van der Waals surface area contributed by atoms with E-state index in [1.807, 2.05) is 30.3 Å². The van der Waals surface area contributed by atoms with E-state index in [-0.39, 0.29) is 5.91 Å². The number of ether oxygens (including phenoxy) is 3. The summed E-state index contributed by atoms with van der Waals surface area (Å²) < 4.78 is 15.6. The van der Waals surface area contributed by atoms with Crippen LogP contribution in [0.25, 0.3) is 6.08 Å². The summed E-state index contributed by atoms with van der Waals surface area (Å²) in [4.78, 5) is 12.7. The molecule has 0 spiro atoms. The molecule has 28 heavy (non-hydrogen) atoms. The lowest BCUT2D eigenvalue weighted by atomic mass is 10.2. The van der Waals surface area contributed by atoms with E-state index in [0.29, 0.717) is 21.6 Å². The highest BCUT2D eigenvalue weighted by Gasteiger charge is 2.23. The van der Waals surface area contributed by atoms with Crippen LogP contribution in [-0.2, 0) is 4.79 Å². The SMILES string of the molecule is COc1ccc(/C=C2/S/C(=N/N=C/c3ccc(OC)cc3OC)NC2=O)cc1. The quantitative estimate of drug-likeness (QED) is 0.459. The van der Waals surface area contributed by atoms with E-state index in [1.54, 1.807) is 45.8 Å². The maximum Gasteiger partial charge on any atom is 0.264 e. The smallest absolute Gasteiger partial charge is 0.264 e. The van der Waals surface area contributed by atoms with E-state index in [2.05, 4.69) is 15.5 Å². The van der Waals surface area contributed by atoms with E-state index >= 15 is 0 Å². The van der Waals surface area contributed by atoms with Gasteiger partial charge in [0.15, 0.2) is 5.17 Å². The minimum atomic E-state index is -0.211. The lowest BCUT2D eigenvalue weighted by molar-refractivity contribution is -0.115. The monoisotopic (exact) mass is 397 g/mol. The third-order valence-corrected chi connectivity index (χ3v) is 4.75. The topological polar surface area (TPSA) is 81.5 Å². The Bertz CT molecular complexity index is 952. The summed E-state index contributed by atoms with van der Waals surface area (Å²) in [6, 6.07) is 12.8. The number of benzene rings is 2. The molecule has 0 radical (unpaired) electrons. The molecular formula is C20H19N3O4S. The third kappa shape index (κ3) is 4.72. The highest BCUT2D eigenvalue weighted by Crippen LogP contribution is 2.27. The highest BCUT2D eigenvalue weighted by molar-refractivity contribution is 8.18. The molecular weight excluding hydrogens is 378 g/mol. The fraction of sp³-hybridized carbons (Fsp3) is 0.150. The molecule has 144 valence electrons. The van der Waals surface area contributed by atoms with Gasteiger partial charge in [0.1, 0.15) is 17.2 Å². The maximum atomic E-state index is 12.1. The Labute approximate surface area is 167 Å². The van der Waals surface area contributed by atoms with Crippen LogP contribution in [0.3, 0.4) is 0 Å². The lowest BCUT2D eigenvalue weighted by Crippen LogP contribution is -2.19. The van der Waals surface area contributed by atoms with Gasteiger partial charge in [-0.2, -0.15) is 5.10 Å². The first-order valence-corrected chi connectivity index (χ1v) is 9.12. The maximum absolute atomic E-state index is 12.1. The van der Waals surface area contributed by atoms with Gasteiger partial charge in [0, 0.05) is 11.6 Å². The first-order chi connectivity index (χ1) is 13.6. The van der Waals surface area contributed by atoms with Crippen molar-refractivity contribution < 1.29 is 19.0 Å². The molecule has 1 aliphatic rings. The average Bonchev–Trinajstić information content (AvgIpc) is 3.07. The molecule has 0 aromatic heterocycles. The Morgan fingerprint density at radius 1 is 0.964 bits per heavy atom. The number of hydrogen-bond acceptors (Lipinski definition) is 7. The standard InChI is InChI=1S/C20H19N3O4S/c1-25-15-7-4-13(5-8-15)10-18-19(24)22-20(28-18)23-21-12-14-6-9-16(26-2)11-17(14)27-3/h4-12H,1-3H3,(H,22,23,24)/b18-10+,21-12+. The van der Waals surface area contributed by atoms with Crippen molar-refractivity contribution in [1.29, 1.82) is 0 Å². The summed E-state index contributed by atoms with van der Waals surface area (Å²) in [5.41, 5.74) is 1.64. The summed E-state index contributed by atoms with van der Waals surface area (Å²) in [5, 5.41) is 11.2. The number of nitrogens with one attached hydrogen (secondary N) is 1. The number of amidine groups is 1. The number of thioether (sulfide) groups is 1. The van der Waals surface area contributed by atoms with E-state index in [0.717, 1.165) is 16.9 Å². The zero-order valence-corrected chi connectivity index (χ0v) is 16.4. The van der Waals surface area contributed by atoms with Gasteiger partial charge in [0.05, 0.1) is 32.4 Å².